The largest absolute Gasteiger partial charge is 0.360 e. The number of fused-ring (bicyclic) bond motifs is 1. The number of hydrogen-bond donors (Lipinski definition) is 1. The van der Waals surface area contributed by atoms with Crippen molar-refractivity contribution in [1.82, 2.24) is 9.97 Å². The van der Waals surface area contributed by atoms with Crippen LogP contribution >= 0.6 is 0 Å². The molecule has 0 aliphatic carbocycles. The molecule has 0 unspecified atom stereocenters. The first-order valence-electron chi connectivity index (χ1n) is 5.13. The highest BCUT2D eigenvalue weighted by Gasteiger charge is 2.12. The molecule has 0 fully saturated rings. The lowest BCUT2D eigenvalue weighted by Crippen LogP contribution is -2.02. The van der Waals surface area contributed by atoms with E-state index in [9.17, 15) is 4.79 Å². The quantitative estimate of drug-likeness (QED) is 0.778. The van der Waals surface area contributed by atoms with Crippen LogP contribution in [0.1, 0.15) is 30.6 Å². The molecular weight excluding hydrogens is 188 g/mol. The molecule has 1 N–H and O–H groups in total. The fourth-order valence-electron chi connectivity index (χ4n) is 1.67. The summed E-state index contributed by atoms with van der Waals surface area (Å²) in [5.41, 5.74) is 1.73. The highest BCUT2D eigenvalue weighted by Crippen LogP contribution is 2.19. The SMILES string of the molecule is CC(C)CC(=O)c1c[nH]c2ccncc12. The van der Waals surface area contributed by atoms with Gasteiger partial charge in [0.1, 0.15) is 0 Å². The summed E-state index contributed by atoms with van der Waals surface area (Å²) in [7, 11) is 0. The van der Waals surface area contributed by atoms with Crippen LogP contribution in [0.2, 0.25) is 0 Å². The van der Waals surface area contributed by atoms with E-state index >= 15 is 0 Å². The second-order valence-corrected chi connectivity index (χ2v) is 4.14. The molecule has 0 spiro atoms. The lowest BCUT2D eigenvalue weighted by molar-refractivity contribution is 0.0969. The Kier molecular flexibility index (Phi) is 2.54. The Hall–Kier alpha value is -1.64. The Labute approximate surface area is 88.5 Å². The van der Waals surface area contributed by atoms with Crippen LogP contribution in [0.3, 0.4) is 0 Å². The molecule has 0 radical (unpaired) electrons. The maximum Gasteiger partial charge on any atom is 0.165 e. The standard InChI is InChI=1S/C12H14N2O/c1-8(2)5-12(15)10-7-14-11-3-4-13-6-9(10)11/h3-4,6-8,14H,5H2,1-2H3. The summed E-state index contributed by atoms with van der Waals surface area (Å²) in [6, 6.07) is 1.88. The smallest absolute Gasteiger partial charge is 0.165 e. The fraction of sp³-hybridized carbons (Fsp3) is 0.333. The van der Waals surface area contributed by atoms with Crippen LogP contribution in [0.4, 0.5) is 0 Å². The number of nitrogens with one attached hydrogen (secondary N) is 1. The number of rotatable bonds is 3. The van der Waals surface area contributed by atoms with Crippen molar-refractivity contribution in [3.63, 3.8) is 0 Å². The Morgan fingerprint density at radius 3 is 3.07 bits per heavy atom. The van der Waals surface area contributed by atoms with E-state index in [1.54, 1.807) is 18.6 Å². The minimum Gasteiger partial charge on any atom is -0.360 e. The Balaban J connectivity index is 2.40. The number of carbonyl (C=O) groups is 1. The molecule has 3 nitrogen and oxygen atoms in total. The number of H-pyrrole nitrogens is 1. The third kappa shape index (κ3) is 1.91. The molecule has 2 heterocycles. The second-order valence-electron chi connectivity index (χ2n) is 4.14. The Morgan fingerprint density at radius 2 is 2.33 bits per heavy atom. The topological polar surface area (TPSA) is 45.8 Å². The maximum atomic E-state index is 11.9. The fourth-order valence-corrected chi connectivity index (χ4v) is 1.67. The number of nitrogens with zero attached hydrogens (tertiary/aromatic N) is 1. The lowest BCUT2D eigenvalue weighted by atomic mass is 10.0. The van der Waals surface area contributed by atoms with Gasteiger partial charge in [-0.15, -0.1) is 0 Å². The van der Waals surface area contributed by atoms with Crippen LogP contribution in [0, 0.1) is 5.92 Å². The molecule has 2 aromatic rings. The molecule has 78 valence electrons. The molecule has 0 aliphatic heterocycles. The van der Waals surface area contributed by atoms with E-state index in [1.807, 2.05) is 19.9 Å². The van der Waals surface area contributed by atoms with Gasteiger partial charge in [0.15, 0.2) is 5.78 Å². The molecular formula is C12H14N2O. The van der Waals surface area contributed by atoms with Crippen LogP contribution in [-0.4, -0.2) is 15.8 Å². The van der Waals surface area contributed by atoms with Gasteiger partial charge in [-0.2, -0.15) is 0 Å². The maximum absolute atomic E-state index is 11.9. The summed E-state index contributed by atoms with van der Waals surface area (Å²) in [4.78, 5) is 19.0. The highest BCUT2D eigenvalue weighted by atomic mass is 16.1. The molecule has 3 heteroatoms. The van der Waals surface area contributed by atoms with Gasteiger partial charge < -0.3 is 4.98 Å². The molecule has 0 saturated heterocycles. The average Bonchev–Trinajstić information content (AvgIpc) is 2.59. The molecule has 0 amide bonds. The molecule has 15 heavy (non-hydrogen) atoms. The predicted molar refractivity (Wildman–Crippen MR) is 59.9 cm³/mol. The highest BCUT2D eigenvalue weighted by molar-refractivity contribution is 6.07. The van der Waals surface area contributed by atoms with Crippen molar-refractivity contribution < 1.29 is 4.79 Å². The van der Waals surface area contributed by atoms with Crippen LogP contribution < -0.4 is 0 Å². The van der Waals surface area contributed by atoms with Crippen molar-refractivity contribution in [2.45, 2.75) is 20.3 Å². The van der Waals surface area contributed by atoms with E-state index in [0.29, 0.717) is 12.3 Å². The van der Waals surface area contributed by atoms with Gasteiger partial charge in [0.2, 0.25) is 0 Å². The zero-order chi connectivity index (χ0) is 10.8. The van der Waals surface area contributed by atoms with Crippen molar-refractivity contribution in [3.8, 4) is 0 Å². The summed E-state index contributed by atoms with van der Waals surface area (Å²) in [5, 5.41) is 0.920. The zero-order valence-electron chi connectivity index (χ0n) is 8.95. The van der Waals surface area contributed by atoms with Crippen LogP contribution in [0.25, 0.3) is 10.9 Å². The number of ketones is 1. The van der Waals surface area contributed by atoms with Crippen molar-refractivity contribution in [2.75, 3.05) is 0 Å². The molecule has 2 rings (SSSR count). The van der Waals surface area contributed by atoms with E-state index in [4.69, 9.17) is 0 Å². The van der Waals surface area contributed by atoms with Gasteiger partial charge in [-0.3, -0.25) is 9.78 Å². The van der Waals surface area contributed by atoms with Gasteiger partial charge in [0.25, 0.3) is 0 Å². The van der Waals surface area contributed by atoms with Crippen LogP contribution in [0.5, 0.6) is 0 Å². The van der Waals surface area contributed by atoms with E-state index < -0.39 is 0 Å². The zero-order valence-corrected chi connectivity index (χ0v) is 8.95. The first kappa shape index (κ1) is 9.90. The normalized spacial score (nSPS) is 11.1. The predicted octanol–water partition coefficient (Wildman–Crippen LogP) is 2.79. The monoisotopic (exact) mass is 202 g/mol. The van der Waals surface area contributed by atoms with E-state index in [2.05, 4.69) is 9.97 Å². The molecule has 0 saturated carbocycles. The van der Waals surface area contributed by atoms with Gasteiger partial charge in [-0.1, -0.05) is 13.8 Å². The number of aromatic amines is 1. The summed E-state index contributed by atoms with van der Waals surface area (Å²) in [6.45, 7) is 4.09. The summed E-state index contributed by atoms with van der Waals surface area (Å²) in [5.74, 6) is 0.573. The third-order valence-electron chi connectivity index (χ3n) is 2.38. The minimum atomic E-state index is 0.184. The second kappa shape index (κ2) is 3.85. The molecule has 0 bridgehead atoms. The molecule has 2 aromatic heterocycles. The van der Waals surface area contributed by atoms with Gasteiger partial charge in [0.05, 0.1) is 0 Å². The minimum absolute atomic E-state index is 0.184. The van der Waals surface area contributed by atoms with E-state index in [1.165, 1.54) is 0 Å². The lowest BCUT2D eigenvalue weighted by Gasteiger charge is -2.01. The molecule has 0 aliphatic rings. The first-order valence-corrected chi connectivity index (χ1v) is 5.13. The van der Waals surface area contributed by atoms with Gasteiger partial charge in [-0.25, -0.2) is 0 Å². The third-order valence-corrected chi connectivity index (χ3v) is 2.38. The number of hydrogen-bond acceptors (Lipinski definition) is 2. The number of Topliss-reactive ketones (excluding diaryl/α,β-unsaturated/α-hetero) is 1. The number of carbonyl (C=O) groups excluding carboxylic acids is 1. The van der Waals surface area contributed by atoms with Gasteiger partial charge in [0, 0.05) is 41.5 Å². The number of aromatic nitrogens is 2. The summed E-state index contributed by atoms with van der Waals surface area (Å²) < 4.78 is 0. The van der Waals surface area contributed by atoms with Crippen LogP contribution in [-0.2, 0) is 0 Å². The summed E-state index contributed by atoms with van der Waals surface area (Å²) >= 11 is 0. The van der Waals surface area contributed by atoms with Crippen molar-refractivity contribution >= 4 is 16.7 Å². The molecule has 0 aromatic carbocycles. The van der Waals surface area contributed by atoms with Crippen LogP contribution in [0.15, 0.2) is 24.7 Å². The van der Waals surface area contributed by atoms with Gasteiger partial charge in [-0.05, 0) is 12.0 Å². The number of pyridine rings is 1. The Bertz CT molecular complexity index is 485. The molecule has 0 atom stereocenters. The van der Waals surface area contributed by atoms with Crippen molar-refractivity contribution in [1.29, 1.82) is 0 Å². The first-order chi connectivity index (χ1) is 7.18. The van der Waals surface area contributed by atoms with Gasteiger partial charge >= 0.3 is 0 Å². The van der Waals surface area contributed by atoms with E-state index in [0.717, 1.165) is 16.5 Å². The van der Waals surface area contributed by atoms with Crippen molar-refractivity contribution in [3.05, 3.63) is 30.2 Å². The van der Waals surface area contributed by atoms with Crippen molar-refractivity contribution in [2.24, 2.45) is 5.92 Å². The average molecular weight is 202 g/mol. The Morgan fingerprint density at radius 1 is 1.53 bits per heavy atom. The van der Waals surface area contributed by atoms with E-state index in [-0.39, 0.29) is 5.78 Å². The summed E-state index contributed by atoms with van der Waals surface area (Å²) in [6.07, 6.45) is 5.81.